The summed E-state index contributed by atoms with van der Waals surface area (Å²) in [5.41, 5.74) is 0. The fourth-order valence-electron chi connectivity index (χ4n) is 3.47. The van der Waals surface area contributed by atoms with Crippen molar-refractivity contribution in [1.29, 1.82) is 0 Å². The number of nitrogens with zero attached hydrogens (tertiary/aromatic N) is 4. The molecular formula is C16H25ClN4O. The van der Waals surface area contributed by atoms with Gasteiger partial charge in [-0.25, -0.2) is 9.97 Å². The van der Waals surface area contributed by atoms with E-state index in [4.69, 9.17) is 16.3 Å². The van der Waals surface area contributed by atoms with Crippen LogP contribution in [0.3, 0.4) is 0 Å². The molecule has 3 rings (SSSR count). The lowest BCUT2D eigenvalue weighted by molar-refractivity contribution is 0.152. The van der Waals surface area contributed by atoms with E-state index in [1.54, 1.807) is 0 Å². The van der Waals surface area contributed by atoms with Gasteiger partial charge in [-0.2, -0.15) is 0 Å². The number of ether oxygens (including phenoxy) is 1. The van der Waals surface area contributed by atoms with Crippen molar-refractivity contribution in [1.82, 2.24) is 14.9 Å². The maximum absolute atomic E-state index is 6.05. The Morgan fingerprint density at radius 2 is 2.09 bits per heavy atom. The van der Waals surface area contributed by atoms with Crippen molar-refractivity contribution < 1.29 is 4.74 Å². The molecule has 0 N–H and O–H groups in total. The second kappa shape index (κ2) is 7.11. The quantitative estimate of drug-likeness (QED) is 0.795. The zero-order chi connectivity index (χ0) is 15.5. The number of aromatic nitrogens is 2. The van der Waals surface area contributed by atoms with Crippen molar-refractivity contribution in [3.63, 3.8) is 0 Å². The minimum Gasteiger partial charge on any atom is -0.381 e. The van der Waals surface area contributed by atoms with E-state index in [0.717, 1.165) is 43.9 Å². The Hall–Kier alpha value is -0.910. The number of hydrogen-bond acceptors (Lipinski definition) is 5. The van der Waals surface area contributed by atoms with Gasteiger partial charge in [0.25, 0.3) is 0 Å². The molecule has 0 bridgehead atoms. The van der Waals surface area contributed by atoms with Crippen molar-refractivity contribution in [3.05, 3.63) is 17.0 Å². The van der Waals surface area contributed by atoms with Crippen LogP contribution in [0.4, 0.5) is 5.82 Å². The van der Waals surface area contributed by atoms with E-state index in [-0.39, 0.29) is 0 Å². The van der Waals surface area contributed by atoms with E-state index in [2.05, 4.69) is 26.8 Å². The zero-order valence-electron chi connectivity index (χ0n) is 13.5. The monoisotopic (exact) mass is 324 g/mol. The summed E-state index contributed by atoms with van der Waals surface area (Å²) in [6.07, 6.45) is 3.56. The summed E-state index contributed by atoms with van der Waals surface area (Å²) in [7, 11) is 2.11. The van der Waals surface area contributed by atoms with E-state index in [9.17, 15) is 0 Å². The summed E-state index contributed by atoms with van der Waals surface area (Å²) < 4.78 is 5.48. The lowest BCUT2D eigenvalue weighted by Crippen LogP contribution is -2.45. The second-order valence-electron chi connectivity index (χ2n) is 6.47. The fraction of sp³-hybridized carbons (Fsp3) is 0.750. The molecule has 1 atom stereocenters. The normalized spacial score (nSPS) is 23.9. The first kappa shape index (κ1) is 16.0. The van der Waals surface area contributed by atoms with Gasteiger partial charge in [0.2, 0.25) is 0 Å². The highest BCUT2D eigenvalue weighted by Crippen LogP contribution is 2.24. The molecule has 2 fully saturated rings. The molecule has 1 unspecified atom stereocenters. The summed E-state index contributed by atoms with van der Waals surface area (Å²) in [5, 5.41) is 0.521. The topological polar surface area (TPSA) is 41.5 Å². The third-order valence-corrected chi connectivity index (χ3v) is 4.99. The van der Waals surface area contributed by atoms with Crippen molar-refractivity contribution in [2.24, 2.45) is 5.92 Å². The highest BCUT2D eigenvalue weighted by atomic mass is 35.5. The minimum absolute atomic E-state index is 0.521. The average molecular weight is 325 g/mol. The van der Waals surface area contributed by atoms with Crippen molar-refractivity contribution >= 4 is 17.4 Å². The van der Waals surface area contributed by atoms with Crippen LogP contribution in [0.2, 0.25) is 5.15 Å². The maximum Gasteiger partial charge on any atom is 0.134 e. The molecule has 122 valence electrons. The fourth-order valence-corrected chi connectivity index (χ4v) is 3.69. The molecule has 5 nitrogen and oxygen atoms in total. The summed E-state index contributed by atoms with van der Waals surface area (Å²) in [6, 6.07) is 2.39. The van der Waals surface area contributed by atoms with E-state index in [0.29, 0.717) is 11.2 Å². The van der Waals surface area contributed by atoms with E-state index >= 15 is 0 Å². The lowest BCUT2D eigenvalue weighted by Gasteiger charge is -2.38. The van der Waals surface area contributed by atoms with Gasteiger partial charge in [0.1, 0.15) is 16.8 Å². The van der Waals surface area contributed by atoms with Crippen LogP contribution in [0.15, 0.2) is 6.07 Å². The van der Waals surface area contributed by atoms with Gasteiger partial charge in [0, 0.05) is 45.4 Å². The number of rotatable bonds is 4. The number of aryl methyl sites for hydroxylation is 1. The Balaban J connectivity index is 1.53. The van der Waals surface area contributed by atoms with Crippen LogP contribution in [0, 0.1) is 12.8 Å². The molecule has 22 heavy (non-hydrogen) atoms. The summed E-state index contributed by atoms with van der Waals surface area (Å²) in [6.45, 7) is 7.27. The Kier molecular flexibility index (Phi) is 5.16. The van der Waals surface area contributed by atoms with E-state index in [1.165, 1.54) is 25.8 Å². The van der Waals surface area contributed by atoms with Crippen LogP contribution < -0.4 is 4.90 Å². The molecule has 0 spiro atoms. The van der Waals surface area contributed by atoms with Gasteiger partial charge in [0.05, 0.1) is 6.61 Å². The van der Waals surface area contributed by atoms with Gasteiger partial charge in [-0.1, -0.05) is 11.6 Å². The van der Waals surface area contributed by atoms with Gasteiger partial charge in [-0.15, -0.1) is 0 Å². The number of piperidine rings is 1. The Morgan fingerprint density at radius 1 is 1.32 bits per heavy atom. The zero-order valence-corrected chi connectivity index (χ0v) is 14.2. The SMILES string of the molecule is Cc1nc(Cl)cc(N(C)C2CCN(CC3CCOC3)CC2)n1. The van der Waals surface area contributed by atoms with Crippen molar-refractivity contribution in [2.75, 3.05) is 44.8 Å². The molecule has 1 aromatic rings. The third kappa shape index (κ3) is 3.89. The average Bonchev–Trinajstić information content (AvgIpc) is 2.99. The summed E-state index contributed by atoms with van der Waals surface area (Å²) in [4.78, 5) is 13.5. The Labute approximate surface area is 137 Å². The van der Waals surface area contributed by atoms with Crippen LogP contribution in [-0.2, 0) is 4.74 Å². The predicted molar refractivity (Wildman–Crippen MR) is 88.6 cm³/mol. The highest BCUT2D eigenvalue weighted by Gasteiger charge is 2.26. The van der Waals surface area contributed by atoms with Crippen LogP contribution in [0.25, 0.3) is 0 Å². The molecule has 0 aromatic carbocycles. The minimum atomic E-state index is 0.521. The molecule has 0 aliphatic carbocycles. The predicted octanol–water partition coefficient (Wildman–Crippen LogP) is 2.38. The second-order valence-corrected chi connectivity index (χ2v) is 6.86. The summed E-state index contributed by atoms with van der Waals surface area (Å²) >= 11 is 6.05. The molecule has 3 heterocycles. The lowest BCUT2D eigenvalue weighted by atomic mass is 10.0. The largest absolute Gasteiger partial charge is 0.381 e. The van der Waals surface area contributed by atoms with Gasteiger partial charge in [-0.05, 0) is 32.1 Å². The number of hydrogen-bond donors (Lipinski definition) is 0. The molecule has 2 saturated heterocycles. The highest BCUT2D eigenvalue weighted by molar-refractivity contribution is 6.29. The van der Waals surface area contributed by atoms with Crippen molar-refractivity contribution in [2.45, 2.75) is 32.2 Å². The molecule has 2 aliphatic heterocycles. The molecule has 1 aromatic heterocycles. The number of anilines is 1. The molecule has 0 saturated carbocycles. The Bertz CT molecular complexity index is 479. The van der Waals surface area contributed by atoms with Crippen LogP contribution in [0.5, 0.6) is 0 Å². The Morgan fingerprint density at radius 3 is 2.73 bits per heavy atom. The van der Waals surface area contributed by atoms with Crippen LogP contribution >= 0.6 is 11.6 Å². The third-order valence-electron chi connectivity index (χ3n) is 4.80. The molecule has 0 radical (unpaired) electrons. The smallest absolute Gasteiger partial charge is 0.134 e. The number of likely N-dealkylation sites (tertiary alicyclic amines) is 1. The van der Waals surface area contributed by atoms with Gasteiger partial charge < -0.3 is 14.5 Å². The van der Waals surface area contributed by atoms with Gasteiger partial charge in [-0.3, -0.25) is 0 Å². The first-order chi connectivity index (χ1) is 10.6. The molecular weight excluding hydrogens is 300 g/mol. The molecule has 0 amide bonds. The standard InChI is InChI=1S/C16H25ClN4O/c1-12-18-15(17)9-16(19-12)20(2)14-3-6-21(7-4-14)10-13-5-8-22-11-13/h9,13-14H,3-8,10-11H2,1-2H3. The van der Waals surface area contributed by atoms with E-state index < -0.39 is 0 Å². The first-order valence-electron chi connectivity index (χ1n) is 8.16. The van der Waals surface area contributed by atoms with E-state index in [1.807, 2.05) is 13.0 Å². The summed E-state index contributed by atoms with van der Waals surface area (Å²) in [5.74, 6) is 2.39. The van der Waals surface area contributed by atoms with Gasteiger partial charge >= 0.3 is 0 Å². The number of halogens is 1. The first-order valence-corrected chi connectivity index (χ1v) is 8.54. The van der Waals surface area contributed by atoms with Crippen LogP contribution in [-0.4, -0.2) is 60.8 Å². The van der Waals surface area contributed by atoms with Crippen molar-refractivity contribution in [3.8, 4) is 0 Å². The molecule has 6 heteroatoms. The maximum atomic E-state index is 6.05. The van der Waals surface area contributed by atoms with Gasteiger partial charge in [0.15, 0.2) is 0 Å². The molecule has 2 aliphatic rings. The van der Waals surface area contributed by atoms with Crippen LogP contribution in [0.1, 0.15) is 25.1 Å².